The minimum Gasteiger partial charge on any atom is -0.462 e. The Morgan fingerprint density at radius 2 is 1.91 bits per heavy atom. The molecule has 3 rings (SSSR count). The van der Waals surface area contributed by atoms with E-state index in [1.165, 1.54) is 18.2 Å². The number of carbonyl (C=O) groups is 2. The topological polar surface area (TPSA) is 120 Å². The van der Waals surface area contributed by atoms with Crippen molar-refractivity contribution in [2.45, 2.75) is 26.2 Å². The summed E-state index contributed by atoms with van der Waals surface area (Å²) in [5.41, 5.74) is 3.61. The Hall–Kier alpha value is -3.72. The van der Waals surface area contributed by atoms with Gasteiger partial charge in [0.05, 0.1) is 29.6 Å². The fourth-order valence-corrected chi connectivity index (χ4v) is 3.71. The van der Waals surface area contributed by atoms with Gasteiger partial charge in [0.1, 0.15) is 0 Å². The minimum atomic E-state index is -1.13. The highest BCUT2D eigenvalue weighted by molar-refractivity contribution is 6.40. The van der Waals surface area contributed by atoms with Crippen molar-refractivity contribution in [1.82, 2.24) is 5.43 Å². The van der Waals surface area contributed by atoms with Crippen LogP contribution in [-0.4, -0.2) is 35.8 Å². The van der Waals surface area contributed by atoms with Crippen molar-refractivity contribution in [3.63, 3.8) is 0 Å². The first kappa shape index (κ1) is 23.9. The summed E-state index contributed by atoms with van der Waals surface area (Å²) in [6.45, 7) is 3.33. The summed E-state index contributed by atoms with van der Waals surface area (Å²) < 4.78 is 10.6. The van der Waals surface area contributed by atoms with Gasteiger partial charge in [-0.3, -0.25) is 15.5 Å². The molecule has 0 aromatic heterocycles. The lowest BCUT2D eigenvalue weighted by Gasteiger charge is -2.26. The molecule has 0 saturated carbocycles. The van der Waals surface area contributed by atoms with Crippen molar-refractivity contribution in [1.29, 1.82) is 0 Å². The van der Waals surface area contributed by atoms with Gasteiger partial charge in [0.15, 0.2) is 5.71 Å². The number of benzene rings is 2. The van der Waals surface area contributed by atoms with E-state index in [1.54, 1.807) is 38.1 Å². The van der Waals surface area contributed by atoms with E-state index in [4.69, 9.17) is 21.1 Å². The van der Waals surface area contributed by atoms with E-state index >= 15 is 0 Å². The standard InChI is InChI=1S/C23H22ClN3O6/c1-3-32-23(29)21-20(17-9-4-5-10-18(17)27(30)31)19(14(2)25-26-21)22(28)33-12-11-15-7-6-8-16(24)13-15/h4-10,13,20,25H,3,11-12H2,1-2H3. The highest BCUT2D eigenvalue weighted by atomic mass is 35.5. The van der Waals surface area contributed by atoms with Crippen LogP contribution in [0.3, 0.4) is 0 Å². The zero-order chi connectivity index (χ0) is 24.0. The molecule has 0 amide bonds. The van der Waals surface area contributed by atoms with Gasteiger partial charge in [-0.25, -0.2) is 9.59 Å². The first-order valence-corrected chi connectivity index (χ1v) is 10.6. The molecular weight excluding hydrogens is 450 g/mol. The summed E-state index contributed by atoms with van der Waals surface area (Å²) in [6.07, 6.45) is 0.418. The fraction of sp³-hybridized carbons (Fsp3) is 0.261. The number of nitro groups is 1. The van der Waals surface area contributed by atoms with Crippen LogP contribution in [0.5, 0.6) is 0 Å². The molecule has 10 heteroatoms. The number of nitro benzene ring substituents is 1. The van der Waals surface area contributed by atoms with Crippen molar-refractivity contribution >= 4 is 34.9 Å². The molecular formula is C23H22ClN3O6. The zero-order valence-electron chi connectivity index (χ0n) is 18.0. The van der Waals surface area contributed by atoms with E-state index in [9.17, 15) is 19.7 Å². The molecule has 0 aliphatic carbocycles. The lowest BCUT2D eigenvalue weighted by atomic mass is 9.84. The molecule has 9 nitrogen and oxygen atoms in total. The normalized spacial score (nSPS) is 15.4. The molecule has 1 N–H and O–H groups in total. The SMILES string of the molecule is CCOC(=O)C1=NNC(C)=C(C(=O)OCCc2cccc(Cl)c2)C1c1ccccc1[N+](=O)[O-]. The lowest BCUT2D eigenvalue weighted by Crippen LogP contribution is -2.36. The van der Waals surface area contributed by atoms with E-state index in [1.807, 2.05) is 6.07 Å². The number of nitrogens with one attached hydrogen (secondary N) is 1. The van der Waals surface area contributed by atoms with Gasteiger partial charge in [-0.05, 0) is 31.5 Å². The molecule has 1 atom stereocenters. The summed E-state index contributed by atoms with van der Waals surface area (Å²) >= 11 is 5.99. The molecule has 172 valence electrons. The molecule has 0 radical (unpaired) electrons. The van der Waals surface area contributed by atoms with Crippen LogP contribution in [-0.2, 0) is 25.5 Å². The Bertz CT molecular complexity index is 1140. The third kappa shape index (κ3) is 5.56. The Labute approximate surface area is 195 Å². The molecule has 0 spiro atoms. The van der Waals surface area contributed by atoms with Crippen molar-refractivity contribution in [3.05, 3.63) is 86.1 Å². The van der Waals surface area contributed by atoms with Crippen molar-refractivity contribution < 1.29 is 24.0 Å². The smallest absolute Gasteiger partial charge is 0.355 e. The van der Waals surface area contributed by atoms with Gasteiger partial charge in [0, 0.05) is 28.8 Å². The maximum Gasteiger partial charge on any atom is 0.355 e. The number of rotatable bonds is 8. The quantitative estimate of drug-likeness (QED) is 0.352. The Kier molecular flexibility index (Phi) is 7.78. The summed E-state index contributed by atoms with van der Waals surface area (Å²) in [5.74, 6) is -2.64. The molecule has 1 aliphatic rings. The van der Waals surface area contributed by atoms with Crippen LogP contribution < -0.4 is 5.43 Å². The highest BCUT2D eigenvalue weighted by Crippen LogP contribution is 2.36. The first-order valence-electron chi connectivity index (χ1n) is 10.2. The van der Waals surface area contributed by atoms with Crippen LogP contribution in [0, 0.1) is 10.1 Å². The number of hydrogen-bond acceptors (Lipinski definition) is 8. The van der Waals surface area contributed by atoms with Gasteiger partial charge >= 0.3 is 11.9 Å². The summed E-state index contributed by atoms with van der Waals surface area (Å²) in [6, 6.07) is 13.0. The number of halogens is 1. The van der Waals surface area contributed by atoms with E-state index in [0.29, 0.717) is 17.1 Å². The molecule has 1 heterocycles. The maximum absolute atomic E-state index is 13.1. The third-order valence-electron chi connectivity index (χ3n) is 4.97. The second-order valence-electron chi connectivity index (χ2n) is 7.13. The monoisotopic (exact) mass is 471 g/mol. The Morgan fingerprint density at radius 3 is 2.61 bits per heavy atom. The Morgan fingerprint density at radius 1 is 1.15 bits per heavy atom. The second kappa shape index (κ2) is 10.7. The van der Waals surface area contributed by atoms with Gasteiger partial charge in [-0.2, -0.15) is 5.10 Å². The van der Waals surface area contributed by atoms with E-state index in [-0.39, 0.29) is 35.7 Å². The van der Waals surface area contributed by atoms with Gasteiger partial charge in [-0.1, -0.05) is 41.9 Å². The van der Waals surface area contributed by atoms with Crippen LogP contribution in [0.25, 0.3) is 0 Å². The number of ether oxygens (including phenoxy) is 2. The molecule has 1 unspecified atom stereocenters. The molecule has 2 aromatic rings. The van der Waals surface area contributed by atoms with Crippen LogP contribution in [0.1, 0.15) is 30.9 Å². The van der Waals surface area contributed by atoms with Gasteiger partial charge in [0.2, 0.25) is 0 Å². The highest BCUT2D eigenvalue weighted by Gasteiger charge is 2.40. The van der Waals surface area contributed by atoms with Crippen molar-refractivity contribution in [3.8, 4) is 0 Å². The van der Waals surface area contributed by atoms with Crippen molar-refractivity contribution in [2.24, 2.45) is 5.10 Å². The average molecular weight is 472 g/mol. The summed E-state index contributed by atoms with van der Waals surface area (Å²) in [5, 5.41) is 16.3. The van der Waals surface area contributed by atoms with Crippen LogP contribution >= 0.6 is 11.6 Å². The number of para-hydroxylation sites is 1. The number of allylic oxidation sites excluding steroid dienone is 1. The molecule has 0 fully saturated rings. The number of nitrogens with zero attached hydrogens (tertiary/aromatic N) is 2. The largest absolute Gasteiger partial charge is 0.462 e. The zero-order valence-corrected chi connectivity index (χ0v) is 18.8. The fourth-order valence-electron chi connectivity index (χ4n) is 3.49. The minimum absolute atomic E-state index is 0.0471. The van der Waals surface area contributed by atoms with Gasteiger partial charge in [-0.15, -0.1) is 0 Å². The summed E-state index contributed by atoms with van der Waals surface area (Å²) in [4.78, 5) is 36.9. The van der Waals surface area contributed by atoms with E-state index in [0.717, 1.165) is 5.56 Å². The molecule has 2 aromatic carbocycles. The average Bonchev–Trinajstić information content (AvgIpc) is 2.78. The van der Waals surface area contributed by atoms with Crippen molar-refractivity contribution in [2.75, 3.05) is 13.2 Å². The summed E-state index contributed by atoms with van der Waals surface area (Å²) in [7, 11) is 0. The van der Waals surface area contributed by atoms with Gasteiger partial charge < -0.3 is 9.47 Å². The second-order valence-corrected chi connectivity index (χ2v) is 7.57. The molecule has 0 bridgehead atoms. The predicted molar refractivity (Wildman–Crippen MR) is 122 cm³/mol. The molecule has 0 saturated heterocycles. The van der Waals surface area contributed by atoms with Crippen LogP contribution in [0.4, 0.5) is 5.69 Å². The van der Waals surface area contributed by atoms with Crippen LogP contribution in [0.2, 0.25) is 5.02 Å². The first-order chi connectivity index (χ1) is 15.8. The van der Waals surface area contributed by atoms with Crippen LogP contribution in [0.15, 0.2) is 64.9 Å². The molecule has 33 heavy (non-hydrogen) atoms. The maximum atomic E-state index is 13.1. The number of carbonyl (C=O) groups excluding carboxylic acids is 2. The molecule has 1 aliphatic heterocycles. The van der Waals surface area contributed by atoms with E-state index < -0.39 is 22.8 Å². The lowest BCUT2D eigenvalue weighted by molar-refractivity contribution is -0.385. The number of hydrogen-bond donors (Lipinski definition) is 1. The van der Waals surface area contributed by atoms with E-state index in [2.05, 4.69) is 10.5 Å². The van der Waals surface area contributed by atoms with Gasteiger partial charge in [0.25, 0.3) is 5.69 Å². The predicted octanol–water partition coefficient (Wildman–Crippen LogP) is 3.91. The third-order valence-corrected chi connectivity index (χ3v) is 5.21. The number of esters is 2. The Balaban J connectivity index is 1.94. The number of hydrazone groups is 1.